The predicted octanol–water partition coefficient (Wildman–Crippen LogP) is 10.6. The van der Waals surface area contributed by atoms with E-state index in [0.29, 0.717) is 45.9 Å². The molecular weight excluding hydrogens is 817 g/mol. The van der Waals surface area contributed by atoms with Gasteiger partial charge in [0.1, 0.15) is 5.75 Å². The van der Waals surface area contributed by atoms with E-state index in [1.807, 2.05) is 123 Å². The van der Waals surface area contributed by atoms with Gasteiger partial charge in [0.05, 0.1) is 57.8 Å². The van der Waals surface area contributed by atoms with Crippen molar-refractivity contribution in [3.63, 3.8) is 0 Å². The topological polar surface area (TPSA) is 151 Å². The molecule has 2 heterocycles. The molecule has 6 aromatic rings. The third-order valence-corrected chi connectivity index (χ3v) is 13.4. The molecule has 6 atom stereocenters. The van der Waals surface area contributed by atoms with Gasteiger partial charge >= 0.3 is 0 Å². The van der Waals surface area contributed by atoms with Crippen LogP contribution in [0.25, 0.3) is 10.8 Å². The minimum atomic E-state index is -0.782. The van der Waals surface area contributed by atoms with E-state index in [2.05, 4.69) is 20.5 Å². The number of phenols is 1. The highest BCUT2D eigenvalue weighted by Gasteiger charge is 2.62. The number of amides is 4. The Hall–Kier alpha value is -7.80. The first-order chi connectivity index (χ1) is 31.5. The smallest absolute Gasteiger partial charge is 0.238 e. The summed E-state index contributed by atoms with van der Waals surface area (Å²) >= 11 is 0. The first-order valence-electron chi connectivity index (χ1n) is 21.7. The Morgan fingerprint density at radius 1 is 0.492 bits per heavy atom. The number of anilines is 4. The Morgan fingerprint density at radius 3 is 1.43 bits per heavy atom. The third-order valence-electron chi connectivity index (χ3n) is 13.4. The largest absolute Gasteiger partial charge is 0.507 e. The maximum absolute atomic E-state index is 14.9. The summed E-state index contributed by atoms with van der Waals surface area (Å²) in [5, 5.41) is 29.8. The Labute approximate surface area is 376 Å². The highest BCUT2D eigenvalue weighted by Crippen LogP contribution is 2.59. The molecule has 13 nitrogen and oxygen atoms in total. The second-order valence-electron chi connectivity index (χ2n) is 17.5. The number of azo groups is 2. The number of phenolic OH excluding ortho intramolecular Hbond substituents is 1. The number of fused-ring (bicyclic) bond motifs is 5. The van der Waals surface area contributed by atoms with Crippen LogP contribution in [0.4, 0.5) is 45.5 Å². The van der Waals surface area contributed by atoms with Gasteiger partial charge in [-0.1, -0.05) is 42.0 Å². The molecule has 324 valence electrons. The molecule has 2 aliphatic heterocycles. The van der Waals surface area contributed by atoms with Gasteiger partial charge in [-0.15, -0.1) is 0 Å². The van der Waals surface area contributed by atoms with Gasteiger partial charge in [-0.05, 0) is 133 Å². The number of hydrogen-bond donors (Lipinski definition) is 1. The monoisotopic (exact) mass is 862 g/mol. The van der Waals surface area contributed by atoms with E-state index in [9.17, 15) is 24.3 Å². The minimum absolute atomic E-state index is 0.0996. The molecule has 1 N–H and O–H groups in total. The zero-order valence-corrected chi connectivity index (χ0v) is 36.3. The molecule has 1 saturated carbocycles. The van der Waals surface area contributed by atoms with E-state index >= 15 is 0 Å². The number of allylic oxidation sites excluding steroid dienone is 2. The van der Waals surface area contributed by atoms with E-state index in [0.717, 1.165) is 27.9 Å². The number of rotatable bonds is 9. The van der Waals surface area contributed by atoms with Crippen LogP contribution in [0, 0.1) is 29.6 Å². The number of aromatic hydroxyl groups is 1. The van der Waals surface area contributed by atoms with Gasteiger partial charge in [0.2, 0.25) is 23.6 Å². The summed E-state index contributed by atoms with van der Waals surface area (Å²) in [4.78, 5) is 65.2. The predicted molar refractivity (Wildman–Crippen MR) is 251 cm³/mol. The lowest BCUT2D eigenvalue weighted by Gasteiger charge is -2.44. The number of imide groups is 2. The summed E-state index contributed by atoms with van der Waals surface area (Å²) in [5.74, 6) is -5.22. The summed E-state index contributed by atoms with van der Waals surface area (Å²) in [6.07, 6.45) is 2.57. The summed E-state index contributed by atoms with van der Waals surface area (Å²) in [6, 6.07) is 40.0. The number of benzene rings is 6. The molecule has 6 unspecified atom stereocenters. The second-order valence-corrected chi connectivity index (χ2v) is 17.5. The van der Waals surface area contributed by atoms with Gasteiger partial charge in [-0.2, -0.15) is 20.5 Å². The van der Waals surface area contributed by atoms with Crippen molar-refractivity contribution in [1.29, 1.82) is 0 Å². The number of carbonyl (C=O) groups is 4. The molecule has 0 spiro atoms. The van der Waals surface area contributed by atoms with Crippen molar-refractivity contribution in [2.45, 2.75) is 18.8 Å². The third kappa shape index (κ3) is 7.22. The van der Waals surface area contributed by atoms with Crippen molar-refractivity contribution in [3.8, 4) is 5.75 Å². The van der Waals surface area contributed by atoms with Crippen molar-refractivity contribution in [3.05, 3.63) is 151 Å². The van der Waals surface area contributed by atoms with Gasteiger partial charge < -0.3 is 14.9 Å². The highest BCUT2D eigenvalue weighted by atomic mass is 16.3. The molecule has 4 amide bonds. The normalized spacial score (nSPS) is 22.7. The van der Waals surface area contributed by atoms with E-state index in [1.165, 1.54) is 9.80 Å². The zero-order valence-electron chi connectivity index (χ0n) is 36.3. The zero-order chi connectivity index (χ0) is 45.1. The molecule has 3 fully saturated rings. The second kappa shape index (κ2) is 16.4. The molecule has 10 rings (SSSR count). The summed E-state index contributed by atoms with van der Waals surface area (Å²) in [5.41, 5.74) is 7.08. The van der Waals surface area contributed by atoms with Gasteiger partial charge in [0.25, 0.3) is 0 Å². The molecule has 2 saturated heterocycles. The average molecular weight is 863 g/mol. The van der Waals surface area contributed by atoms with Crippen LogP contribution >= 0.6 is 0 Å². The maximum atomic E-state index is 14.9. The lowest BCUT2D eigenvalue weighted by Crippen LogP contribution is -2.43. The Balaban J connectivity index is 0.956. The van der Waals surface area contributed by atoms with E-state index in [-0.39, 0.29) is 35.8 Å². The molecule has 4 aliphatic rings. The van der Waals surface area contributed by atoms with Crippen LogP contribution in [0.3, 0.4) is 0 Å². The molecular formula is C52H46N8O5. The molecule has 6 aromatic carbocycles. The SMILES string of the molecule is CN(C)c1ccc(N=Nc2ccc(N3C(=O)C4CC=C5C(CC6C(=O)N(c7ccc(N=Nc8ccc(N(C)C)cc8)cc7)C(=O)C6C5c5ccc(O)c6ccccc56)C4C3=O)cc2)cc1. The van der Waals surface area contributed by atoms with E-state index < -0.39 is 35.5 Å². The Kier molecular flexibility index (Phi) is 10.4. The van der Waals surface area contributed by atoms with Gasteiger partial charge in [0, 0.05) is 50.9 Å². The first-order valence-corrected chi connectivity index (χ1v) is 21.7. The minimum Gasteiger partial charge on any atom is -0.507 e. The molecule has 65 heavy (non-hydrogen) atoms. The van der Waals surface area contributed by atoms with E-state index in [1.54, 1.807) is 54.6 Å². The van der Waals surface area contributed by atoms with Crippen LogP contribution in [0.1, 0.15) is 24.3 Å². The summed E-state index contributed by atoms with van der Waals surface area (Å²) in [6.45, 7) is 0. The van der Waals surface area contributed by atoms with E-state index in [4.69, 9.17) is 0 Å². The summed E-state index contributed by atoms with van der Waals surface area (Å²) < 4.78 is 0. The molecule has 0 radical (unpaired) electrons. The van der Waals surface area contributed by atoms with Crippen LogP contribution in [0.15, 0.2) is 166 Å². The fraction of sp³-hybridized carbons (Fsp3) is 0.231. The maximum Gasteiger partial charge on any atom is 0.238 e. The molecule has 13 heteroatoms. The van der Waals surface area contributed by atoms with Crippen molar-refractivity contribution >= 4 is 79.9 Å². The lowest BCUT2D eigenvalue weighted by molar-refractivity contribution is -0.126. The Morgan fingerprint density at radius 2 is 0.938 bits per heavy atom. The van der Waals surface area contributed by atoms with Crippen molar-refractivity contribution in [2.75, 3.05) is 47.8 Å². The van der Waals surface area contributed by atoms with Crippen molar-refractivity contribution in [1.82, 2.24) is 0 Å². The van der Waals surface area contributed by atoms with Crippen LogP contribution in [0.2, 0.25) is 0 Å². The van der Waals surface area contributed by atoms with Crippen molar-refractivity contribution < 1.29 is 24.3 Å². The first kappa shape index (κ1) is 41.2. The lowest BCUT2D eigenvalue weighted by atomic mass is 9.57. The van der Waals surface area contributed by atoms with Crippen molar-refractivity contribution in [2.24, 2.45) is 50.0 Å². The number of carbonyl (C=O) groups excluding carboxylic acids is 4. The fourth-order valence-corrected chi connectivity index (χ4v) is 10.2. The van der Waals surface area contributed by atoms with Crippen LogP contribution in [-0.4, -0.2) is 56.9 Å². The van der Waals surface area contributed by atoms with Gasteiger partial charge in [0.15, 0.2) is 0 Å². The molecule has 0 aromatic heterocycles. The quantitative estimate of drug-likeness (QED) is 0.0863. The standard InChI is InChI=1S/C52H46N8O5/c1-57(2)34-17-9-30(10-18-34)53-55-32-13-21-36(22-14-32)59-49(62)42-26-25-41-43(47(42)51(59)64)29-44-48(46(41)40-27-28-45(61)39-8-6-5-7-38(39)40)52(65)60(50(44)63)37-23-15-33(16-24-37)56-54-31-11-19-35(20-12-31)58(3)4/h5-25,27-28,42-44,46-48,61H,26,29H2,1-4H3. The van der Waals surface area contributed by atoms with Crippen LogP contribution in [-0.2, 0) is 19.2 Å². The molecule has 0 bridgehead atoms. The van der Waals surface area contributed by atoms with Crippen LogP contribution in [0.5, 0.6) is 5.75 Å². The number of hydrogen-bond acceptors (Lipinski definition) is 11. The average Bonchev–Trinajstić information content (AvgIpc) is 3.73. The summed E-state index contributed by atoms with van der Waals surface area (Å²) in [7, 11) is 7.87. The molecule has 2 aliphatic carbocycles. The Bertz CT molecular complexity index is 2960. The highest BCUT2D eigenvalue weighted by molar-refractivity contribution is 6.24. The van der Waals surface area contributed by atoms with Gasteiger partial charge in [-0.25, -0.2) is 0 Å². The van der Waals surface area contributed by atoms with Crippen LogP contribution < -0.4 is 19.6 Å². The number of nitrogens with zero attached hydrogens (tertiary/aromatic N) is 8. The van der Waals surface area contributed by atoms with Gasteiger partial charge in [-0.3, -0.25) is 29.0 Å². The fourth-order valence-electron chi connectivity index (χ4n) is 10.2.